The number of unbranched alkanes of at least 4 members (excludes halogenated alkanes) is 2. The van der Waals surface area contributed by atoms with E-state index in [-0.39, 0.29) is 19.0 Å². The number of carbonyl (C=O) groups excluding carboxylic acids is 1. The predicted molar refractivity (Wildman–Crippen MR) is 152 cm³/mol. The number of nitrogens with zero attached hydrogens (tertiary/aromatic N) is 3. The molecule has 0 unspecified atom stereocenters. The van der Waals surface area contributed by atoms with Crippen molar-refractivity contribution in [3.05, 3.63) is 32.6 Å². The van der Waals surface area contributed by atoms with E-state index in [1.807, 2.05) is 0 Å². The van der Waals surface area contributed by atoms with Crippen LogP contribution in [0, 0.1) is 6.92 Å². The van der Waals surface area contributed by atoms with Gasteiger partial charge in [-0.15, -0.1) is 0 Å². The Kier molecular flexibility index (Phi) is 13.4. The minimum absolute atomic E-state index is 0.238. The molecule has 1 fully saturated rings. The third kappa shape index (κ3) is 8.99. The summed E-state index contributed by atoms with van der Waals surface area (Å²) >= 11 is 0. The zero-order chi connectivity index (χ0) is 29.1. The van der Waals surface area contributed by atoms with Gasteiger partial charge in [-0.25, -0.2) is 4.79 Å². The maximum Gasteiger partial charge on any atom is 0.330 e. The second-order valence-corrected chi connectivity index (χ2v) is 11.2. The van der Waals surface area contributed by atoms with Crippen LogP contribution < -0.4 is 11.2 Å². The normalized spacial score (nSPS) is 19.9. The van der Waals surface area contributed by atoms with Crippen LogP contribution in [-0.4, -0.2) is 101 Å². The second-order valence-electron chi connectivity index (χ2n) is 11.2. The lowest BCUT2D eigenvalue weighted by molar-refractivity contribution is -0.930. The van der Waals surface area contributed by atoms with Crippen molar-refractivity contribution in [2.24, 2.45) is 0 Å². The summed E-state index contributed by atoms with van der Waals surface area (Å²) in [6.07, 6.45) is 4.09. The van der Waals surface area contributed by atoms with Gasteiger partial charge < -0.3 is 23.5 Å². The van der Waals surface area contributed by atoms with Crippen LogP contribution in [0.2, 0.25) is 0 Å². The molecule has 0 aliphatic carbocycles. The van der Waals surface area contributed by atoms with E-state index in [4.69, 9.17) is 9.47 Å². The van der Waals surface area contributed by atoms with Gasteiger partial charge in [0.05, 0.1) is 59.0 Å². The fraction of sp³-hybridized carbons (Fsp3) is 0.828. The summed E-state index contributed by atoms with van der Waals surface area (Å²) in [5.74, 6) is -0.313. The molecule has 1 aromatic heterocycles. The highest BCUT2D eigenvalue weighted by Gasteiger charge is 2.39. The Labute approximate surface area is 234 Å². The molecule has 224 valence electrons. The van der Waals surface area contributed by atoms with Gasteiger partial charge in [0.1, 0.15) is 18.4 Å². The van der Waals surface area contributed by atoms with Crippen molar-refractivity contribution >= 4 is 5.97 Å². The molecule has 1 aliphatic heterocycles. The lowest BCUT2D eigenvalue weighted by atomic mass is 10.1. The van der Waals surface area contributed by atoms with Gasteiger partial charge in [0, 0.05) is 37.4 Å². The SMILES string of the molecule is CC[N+](CC)(CC)CCCC[N+](CC)(CC)CCCCC(=O)O[C@H]1C[C@H](n2cc(C)c(=O)[nH]c2=O)O[C@@H]1CO. The van der Waals surface area contributed by atoms with Gasteiger partial charge in [-0.2, -0.15) is 0 Å². The minimum Gasteiger partial charge on any atom is -0.459 e. The number of aromatic nitrogens is 2. The maximum absolute atomic E-state index is 12.6. The Morgan fingerprint density at radius 3 is 2.05 bits per heavy atom. The number of aliphatic hydroxyl groups excluding tert-OH is 1. The fourth-order valence-electron chi connectivity index (χ4n) is 5.91. The number of nitrogens with one attached hydrogen (secondary N) is 1. The van der Waals surface area contributed by atoms with Gasteiger partial charge in [-0.3, -0.25) is 19.1 Å². The van der Waals surface area contributed by atoms with Crippen LogP contribution in [0.3, 0.4) is 0 Å². The number of esters is 1. The molecular formula is C29H54N4O6+2. The lowest BCUT2D eigenvalue weighted by Crippen LogP contribution is -2.50. The summed E-state index contributed by atoms with van der Waals surface area (Å²) in [6, 6.07) is 0. The number of aryl methyl sites for hydroxylation is 1. The van der Waals surface area contributed by atoms with Gasteiger partial charge in [0.2, 0.25) is 0 Å². The van der Waals surface area contributed by atoms with Gasteiger partial charge in [-0.05, 0) is 54.4 Å². The molecule has 39 heavy (non-hydrogen) atoms. The molecule has 2 heterocycles. The molecule has 10 nitrogen and oxygen atoms in total. The first-order valence-corrected chi connectivity index (χ1v) is 15.1. The Balaban J connectivity index is 1.82. The number of aromatic amines is 1. The van der Waals surface area contributed by atoms with E-state index < -0.39 is 29.7 Å². The van der Waals surface area contributed by atoms with E-state index in [2.05, 4.69) is 39.6 Å². The number of hydrogen-bond donors (Lipinski definition) is 2. The molecule has 1 aromatic rings. The van der Waals surface area contributed by atoms with Crippen molar-refractivity contribution in [3.63, 3.8) is 0 Å². The quantitative estimate of drug-likeness (QED) is 0.164. The number of ether oxygens (including phenoxy) is 2. The predicted octanol–water partition coefficient (Wildman–Crippen LogP) is 2.72. The molecule has 2 N–H and O–H groups in total. The molecule has 10 heteroatoms. The van der Waals surface area contributed by atoms with Crippen LogP contribution in [0.4, 0.5) is 0 Å². The number of carbonyl (C=O) groups is 1. The molecule has 3 atom stereocenters. The molecule has 1 saturated heterocycles. The van der Waals surface area contributed by atoms with Crippen LogP contribution in [0.15, 0.2) is 15.8 Å². The van der Waals surface area contributed by atoms with Crippen LogP contribution >= 0.6 is 0 Å². The fourth-order valence-corrected chi connectivity index (χ4v) is 5.91. The van der Waals surface area contributed by atoms with Crippen molar-refractivity contribution in [1.82, 2.24) is 9.55 Å². The molecule has 0 spiro atoms. The maximum atomic E-state index is 12.6. The number of aliphatic hydroxyl groups is 1. The molecule has 0 amide bonds. The molecule has 0 radical (unpaired) electrons. The Bertz CT molecular complexity index is 990. The summed E-state index contributed by atoms with van der Waals surface area (Å²) < 4.78 is 15.0. The highest BCUT2D eigenvalue weighted by atomic mass is 16.6. The summed E-state index contributed by atoms with van der Waals surface area (Å²) in [4.78, 5) is 38.8. The summed E-state index contributed by atoms with van der Waals surface area (Å²) in [5.41, 5.74) is -0.661. The second kappa shape index (κ2) is 15.7. The van der Waals surface area contributed by atoms with E-state index in [1.54, 1.807) is 6.92 Å². The van der Waals surface area contributed by atoms with Crippen molar-refractivity contribution < 1.29 is 28.3 Å². The lowest BCUT2D eigenvalue weighted by Gasteiger charge is -2.38. The number of hydrogen-bond acceptors (Lipinski definition) is 6. The van der Waals surface area contributed by atoms with Crippen molar-refractivity contribution in [3.8, 4) is 0 Å². The van der Waals surface area contributed by atoms with E-state index in [0.29, 0.717) is 12.0 Å². The molecular weight excluding hydrogens is 500 g/mol. The largest absolute Gasteiger partial charge is 0.459 e. The van der Waals surface area contributed by atoms with Crippen LogP contribution in [0.5, 0.6) is 0 Å². The Hall–Kier alpha value is -2.01. The monoisotopic (exact) mass is 554 g/mol. The van der Waals surface area contributed by atoms with E-state index in [1.165, 1.54) is 60.8 Å². The molecule has 0 saturated carbocycles. The Morgan fingerprint density at radius 1 is 0.974 bits per heavy atom. The van der Waals surface area contributed by atoms with E-state index in [9.17, 15) is 19.5 Å². The topological polar surface area (TPSA) is 111 Å². The van der Waals surface area contributed by atoms with E-state index in [0.717, 1.165) is 37.0 Å². The zero-order valence-electron chi connectivity index (χ0n) is 25.2. The summed E-state index contributed by atoms with van der Waals surface area (Å²) in [6.45, 7) is 22.0. The van der Waals surface area contributed by atoms with Gasteiger partial charge in [0.25, 0.3) is 5.56 Å². The average molecular weight is 555 g/mol. The van der Waals surface area contributed by atoms with Crippen LogP contribution in [0.25, 0.3) is 0 Å². The molecule has 2 rings (SSSR count). The van der Waals surface area contributed by atoms with Gasteiger partial charge >= 0.3 is 11.7 Å². The summed E-state index contributed by atoms with van der Waals surface area (Å²) in [5, 5.41) is 9.75. The first kappa shape index (κ1) is 33.2. The summed E-state index contributed by atoms with van der Waals surface area (Å²) in [7, 11) is 0. The van der Waals surface area contributed by atoms with Crippen LogP contribution in [0.1, 0.15) is 84.9 Å². The number of quaternary nitrogens is 2. The smallest absolute Gasteiger partial charge is 0.330 e. The third-order valence-electron chi connectivity index (χ3n) is 9.23. The minimum atomic E-state index is -0.717. The first-order valence-electron chi connectivity index (χ1n) is 15.1. The van der Waals surface area contributed by atoms with E-state index >= 15 is 0 Å². The number of H-pyrrole nitrogens is 1. The van der Waals surface area contributed by atoms with Crippen molar-refractivity contribution in [1.29, 1.82) is 0 Å². The van der Waals surface area contributed by atoms with Gasteiger partial charge in [0.15, 0.2) is 0 Å². The van der Waals surface area contributed by atoms with Crippen molar-refractivity contribution in [2.75, 3.05) is 59.0 Å². The average Bonchev–Trinajstić information content (AvgIpc) is 3.34. The first-order chi connectivity index (χ1) is 18.6. The molecule has 0 bridgehead atoms. The highest BCUT2D eigenvalue weighted by Crippen LogP contribution is 2.30. The highest BCUT2D eigenvalue weighted by molar-refractivity contribution is 5.69. The number of rotatable bonds is 18. The third-order valence-corrected chi connectivity index (χ3v) is 9.23. The van der Waals surface area contributed by atoms with Crippen LogP contribution in [-0.2, 0) is 14.3 Å². The van der Waals surface area contributed by atoms with Gasteiger partial charge in [-0.1, -0.05) is 0 Å². The molecule has 1 aliphatic rings. The molecule has 0 aromatic carbocycles. The Morgan fingerprint density at radius 2 is 1.51 bits per heavy atom. The zero-order valence-corrected chi connectivity index (χ0v) is 25.2. The standard InChI is InChI=1S/C29H53N4O6/c1-7-32(8-2,9-3)17-14-15-19-33(10-4,11-5)18-13-12-16-27(35)39-24-20-26(38-25(24)22-34)31-21-23(6)28(36)30-29(31)37/h21,24-26,34H,7-20,22H2,1-6H3/q+1/p+1/t24-,25+,26+/m0/s1. The van der Waals surface area contributed by atoms with Crippen molar-refractivity contribution in [2.45, 2.75) is 98.5 Å².